The topological polar surface area (TPSA) is 101 Å². The number of hydrogen-bond donors (Lipinski definition) is 1. The molecule has 232 valence electrons. The maximum absolute atomic E-state index is 13.2. The van der Waals surface area contributed by atoms with Crippen LogP contribution in [0, 0.1) is 13.8 Å². The highest BCUT2D eigenvalue weighted by Gasteiger charge is 2.39. The van der Waals surface area contributed by atoms with Gasteiger partial charge >= 0.3 is 6.09 Å². The van der Waals surface area contributed by atoms with Crippen LogP contribution in [-0.2, 0) is 13.9 Å². The molecule has 10 heteroatoms. The van der Waals surface area contributed by atoms with Gasteiger partial charge in [0.1, 0.15) is 23.2 Å². The number of carbonyl (C=O) groups is 1. The molecule has 0 saturated heterocycles. The van der Waals surface area contributed by atoms with Crippen molar-refractivity contribution in [2.24, 2.45) is 0 Å². The first-order chi connectivity index (χ1) is 19.5. The van der Waals surface area contributed by atoms with E-state index in [-0.39, 0.29) is 17.2 Å². The zero-order chi connectivity index (χ0) is 31.0. The Kier molecular flexibility index (Phi) is 9.30. The standard InChI is InChI=1S/C32H50N4O5Si/c1-20-28(21(2)41-35-20)22-12-17-27-25(18-22)33-29(36(27)23-13-15-24(38-9)16-14-23)26(34-30(37)40-31(3,4)5)19-39-42(10,11)32(6,7)8/h12,17-18,23-24,26H,13-16,19H2,1-11H3,(H,34,37)/t23?,24?,26-/m1/s1. The Hall–Kier alpha value is -2.69. The number of nitrogens with zero attached hydrogens (tertiary/aromatic N) is 3. The van der Waals surface area contributed by atoms with Crippen LogP contribution in [0.1, 0.15) is 96.6 Å². The van der Waals surface area contributed by atoms with Crippen molar-refractivity contribution >= 4 is 25.4 Å². The summed E-state index contributed by atoms with van der Waals surface area (Å²) < 4.78 is 25.9. The Balaban J connectivity index is 1.82. The average Bonchev–Trinajstić information content (AvgIpc) is 3.43. The van der Waals surface area contributed by atoms with E-state index in [1.165, 1.54) is 0 Å². The lowest BCUT2D eigenvalue weighted by Crippen LogP contribution is -2.45. The summed E-state index contributed by atoms with van der Waals surface area (Å²) in [6.45, 7) is 20.9. The number of carbonyl (C=O) groups excluding carboxylic acids is 1. The second-order valence-electron chi connectivity index (χ2n) is 14.2. The Labute approximate surface area is 251 Å². The maximum atomic E-state index is 13.2. The number of rotatable bonds is 8. The lowest BCUT2D eigenvalue weighted by atomic mass is 9.92. The highest BCUT2D eigenvalue weighted by Crippen LogP contribution is 2.39. The van der Waals surface area contributed by atoms with Crippen molar-refractivity contribution in [2.45, 2.75) is 123 Å². The third kappa shape index (κ3) is 7.09. The number of aryl methyl sites for hydroxylation is 2. The summed E-state index contributed by atoms with van der Waals surface area (Å²) >= 11 is 0. The summed E-state index contributed by atoms with van der Waals surface area (Å²) in [4.78, 5) is 18.4. The first-order valence-corrected chi connectivity index (χ1v) is 18.0. The Morgan fingerprint density at radius 3 is 2.33 bits per heavy atom. The summed E-state index contributed by atoms with van der Waals surface area (Å²) in [5, 5.41) is 7.31. The number of ether oxygens (including phenoxy) is 2. The number of benzene rings is 1. The van der Waals surface area contributed by atoms with E-state index in [4.69, 9.17) is 23.4 Å². The molecule has 1 amide bonds. The molecule has 0 unspecified atom stereocenters. The molecule has 1 N–H and O–H groups in total. The van der Waals surface area contributed by atoms with Crippen LogP contribution in [0.4, 0.5) is 4.79 Å². The average molecular weight is 599 g/mol. The number of methoxy groups -OCH3 is 1. The van der Waals surface area contributed by atoms with Gasteiger partial charge in [-0.05, 0) is 96.1 Å². The van der Waals surface area contributed by atoms with E-state index >= 15 is 0 Å². The molecule has 2 aromatic heterocycles. The number of aromatic nitrogens is 3. The normalized spacial score (nSPS) is 19.2. The molecule has 42 heavy (non-hydrogen) atoms. The van der Waals surface area contributed by atoms with E-state index in [2.05, 4.69) is 67.1 Å². The Bertz CT molecular complexity index is 1370. The van der Waals surface area contributed by atoms with E-state index < -0.39 is 26.1 Å². The molecule has 0 aliphatic heterocycles. The van der Waals surface area contributed by atoms with Crippen molar-refractivity contribution in [3.63, 3.8) is 0 Å². The number of imidazole rings is 1. The minimum atomic E-state index is -2.13. The van der Waals surface area contributed by atoms with Gasteiger partial charge in [-0.3, -0.25) is 0 Å². The first kappa shape index (κ1) is 32.2. The van der Waals surface area contributed by atoms with E-state index in [9.17, 15) is 4.79 Å². The molecule has 1 fully saturated rings. The smallest absolute Gasteiger partial charge is 0.408 e. The highest BCUT2D eigenvalue weighted by atomic mass is 28.4. The molecule has 1 aromatic carbocycles. The van der Waals surface area contributed by atoms with Crippen molar-refractivity contribution in [1.29, 1.82) is 0 Å². The van der Waals surface area contributed by atoms with Crippen LogP contribution in [0.25, 0.3) is 22.2 Å². The lowest BCUT2D eigenvalue weighted by molar-refractivity contribution is 0.0473. The van der Waals surface area contributed by atoms with Gasteiger partial charge in [0.2, 0.25) is 0 Å². The molecule has 2 heterocycles. The second-order valence-corrected chi connectivity index (χ2v) is 19.0. The zero-order valence-corrected chi connectivity index (χ0v) is 28.4. The fourth-order valence-corrected chi connectivity index (χ4v) is 6.49. The third-order valence-corrected chi connectivity index (χ3v) is 13.3. The minimum absolute atomic E-state index is 0.0192. The second kappa shape index (κ2) is 12.1. The molecule has 0 radical (unpaired) electrons. The van der Waals surface area contributed by atoms with Crippen LogP contribution < -0.4 is 5.32 Å². The molecular formula is C32H50N4O5Si. The van der Waals surface area contributed by atoms with E-state index in [1.54, 1.807) is 7.11 Å². The van der Waals surface area contributed by atoms with Crippen molar-refractivity contribution in [3.8, 4) is 11.1 Å². The quantitative estimate of drug-likeness (QED) is 0.262. The van der Waals surface area contributed by atoms with E-state index in [0.29, 0.717) is 6.61 Å². The fraction of sp³-hybridized carbons (Fsp3) is 0.656. The van der Waals surface area contributed by atoms with Crippen LogP contribution in [0.3, 0.4) is 0 Å². The van der Waals surface area contributed by atoms with Gasteiger partial charge in [0, 0.05) is 18.7 Å². The summed E-state index contributed by atoms with van der Waals surface area (Å²) in [7, 11) is -0.339. The van der Waals surface area contributed by atoms with Gasteiger partial charge in [-0.2, -0.15) is 0 Å². The Morgan fingerprint density at radius 1 is 1.12 bits per heavy atom. The van der Waals surface area contributed by atoms with Crippen molar-refractivity contribution in [2.75, 3.05) is 13.7 Å². The van der Waals surface area contributed by atoms with Gasteiger partial charge < -0.3 is 28.3 Å². The number of alkyl carbamates (subject to hydrolysis) is 1. The molecular weight excluding hydrogens is 548 g/mol. The fourth-order valence-electron chi connectivity index (χ4n) is 5.48. The number of nitrogens with one attached hydrogen (secondary N) is 1. The third-order valence-electron chi connectivity index (χ3n) is 8.80. The van der Waals surface area contributed by atoms with Crippen LogP contribution in [0.2, 0.25) is 18.1 Å². The van der Waals surface area contributed by atoms with Crippen LogP contribution in [-0.4, -0.2) is 54.5 Å². The summed E-state index contributed by atoms with van der Waals surface area (Å²) in [5.41, 5.74) is 4.10. The molecule has 9 nitrogen and oxygen atoms in total. The molecule has 0 spiro atoms. The molecule has 1 aliphatic carbocycles. The van der Waals surface area contributed by atoms with E-state index in [1.807, 2.05) is 34.6 Å². The van der Waals surface area contributed by atoms with Crippen LogP contribution in [0.15, 0.2) is 22.7 Å². The monoisotopic (exact) mass is 598 g/mol. The van der Waals surface area contributed by atoms with Gasteiger partial charge in [-0.25, -0.2) is 9.78 Å². The molecule has 3 aromatic rings. The largest absolute Gasteiger partial charge is 0.444 e. The van der Waals surface area contributed by atoms with Gasteiger partial charge in [0.05, 0.1) is 29.4 Å². The molecule has 4 rings (SSSR count). The maximum Gasteiger partial charge on any atom is 0.408 e. The minimum Gasteiger partial charge on any atom is -0.444 e. The highest BCUT2D eigenvalue weighted by molar-refractivity contribution is 6.74. The first-order valence-electron chi connectivity index (χ1n) is 15.1. The summed E-state index contributed by atoms with van der Waals surface area (Å²) in [6, 6.07) is 6.07. The number of fused-ring (bicyclic) bond motifs is 1. The predicted octanol–water partition coefficient (Wildman–Crippen LogP) is 8.03. The van der Waals surface area contributed by atoms with Gasteiger partial charge in [0.25, 0.3) is 0 Å². The van der Waals surface area contributed by atoms with Crippen LogP contribution >= 0.6 is 0 Å². The summed E-state index contributed by atoms with van der Waals surface area (Å²) in [6.07, 6.45) is 3.66. The molecule has 1 atom stereocenters. The van der Waals surface area contributed by atoms with Gasteiger partial charge in [-0.1, -0.05) is 32.0 Å². The zero-order valence-electron chi connectivity index (χ0n) is 27.4. The van der Waals surface area contributed by atoms with Crippen molar-refractivity contribution in [3.05, 3.63) is 35.5 Å². The summed E-state index contributed by atoms with van der Waals surface area (Å²) in [5.74, 6) is 1.56. The Morgan fingerprint density at radius 2 is 1.79 bits per heavy atom. The van der Waals surface area contributed by atoms with E-state index in [0.717, 1.165) is 65.1 Å². The lowest BCUT2D eigenvalue weighted by Gasteiger charge is -2.37. The molecule has 0 bridgehead atoms. The molecule has 1 aliphatic rings. The van der Waals surface area contributed by atoms with Crippen molar-refractivity contribution < 1.29 is 23.2 Å². The van der Waals surface area contributed by atoms with Gasteiger partial charge in [0.15, 0.2) is 8.32 Å². The van der Waals surface area contributed by atoms with Crippen molar-refractivity contribution in [1.82, 2.24) is 20.0 Å². The SMILES string of the molecule is COC1CCC(n2c([C@@H](CO[Si](C)(C)C(C)(C)C)NC(=O)OC(C)(C)C)nc3cc(-c4c(C)noc4C)ccc32)CC1. The number of amides is 1. The van der Waals surface area contributed by atoms with Crippen LogP contribution in [0.5, 0.6) is 0 Å². The molecule has 1 saturated carbocycles. The number of hydrogen-bond acceptors (Lipinski definition) is 7. The van der Waals surface area contributed by atoms with Gasteiger partial charge in [-0.15, -0.1) is 0 Å². The predicted molar refractivity (Wildman–Crippen MR) is 168 cm³/mol.